The van der Waals surface area contributed by atoms with Crippen LogP contribution in [0.5, 0.6) is 0 Å². The summed E-state index contributed by atoms with van der Waals surface area (Å²) in [5.41, 5.74) is 5.34. The van der Waals surface area contributed by atoms with Crippen molar-refractivity contribution in [2.75, 3.05) is 50.7 Å². The number of hydrogen-bond donors (Lipinski definition) is 1. The van der Waals surface area contributed by atoms with Gasteiger partial charge in [0.1, 0.15) is 5.82 Å². The van der Waals surface area contributed by atoms with Gasteiger partial charge in [0.05, 0.1) is 24.8 Å². The largest absolute Gasteiger partial charge is 0.432 e. The fourth-order valence-electron chi connectivity index (χ4n) is 3.21. The maximum absolute atomic E-state index is 12.4. The number of carbonyl (C=O) groups is 1. The first-order valence-corrected chi connectivity index (χ1v) is 9.73. The smallest absolute Gasteiger partial charge is 0.289 e. The van der Waals surface area contributed by atoms with Crippen LogP contribution in [0.3, 0.4) is 0 Å². The Morgan fingerprint density at radius 3 is 2.77 bits per heavy atom. The zero-order chi connectivity index (χ0) is 21.1. The van der Waals surface area contributed by atoms with E-state index in [1.807, 2.05) is 31.2 Å². The number of rotatable bonds is 5. The van der Waals surface area contributed by atoms with E-state index in [-0.39, 0.29) is 11.7 Å². The minimum Gasteiger partial charge on any atom is -0.432 e. The third-order valence-corrected chi connectivity index (χ3v) is 4.72. The number of carbonyl (C=O) groups excluding carboxylic acids is 1. The number of nitrogens with one attached hydrogen (secondary N) is 1. The first-order valence-electron chi connectivity index (χ1n) is 9.73. The number of nitrogens with zero attached hydrogens (tertiary/aromatic N) is 5. The molecule has 1 amide bonds. The highest BCUT2D eigenvalue weighted by molar-refractivity contribution is 5.98. The molecule has 9 nitrogen and oxygen atoms in total. The molecular formula is C21H24N6O3. The molecule has 3 heterocycles. The second kappa shape index (κ2) is 8.50. The Labute approximate surface area is 174 Å². The fourth-order valence-corrected chi connectivity index (χ4v) is 3.21. The van der Waals surface area contributed by atoms with E-state index in [0.29, 0.717) is 49.2 Å². The quantitative estimate of drug-likeness (QED) is 0.512. The number of amides is 1. The number of furan rings is 1. The predicted molar refractivity (Wildman–Crippen MR) is 115 cm³/mol. The molecule has 1 aliphatic heterocycles. The van der Waals surface area contributed by atoms with Gasteiger partial charge in [-0.05, 0) is 12.5 Å². The lowest BCUT2D eigenvalue weighted by atomic mass is 10.2. The Bertz CT molecular complexity index is 1090. The molecule has 0 bridgehead atoms. The van der Waals surface area contributed by atoms with Crippen molar-refractivity contribution < 1.29 is 13.9 Å². The molecular weight excluding hydrogens is 384 g/mol. The van der Waals surface area contributed by atoms with Crippen molar-refractivity contribution in [2.45, 2.75) is 6.92 Å². The van der Waals surface area contributed by atoms with Gasteiger partial charge in [0.2, 0.25) is 11.7 Å². The van der Waals surface area contributed by atoms with Crippen molar-refractivity contribution in [3.63, 3.8) is 0 Å². The zero-order valence-corrected chi connectivity index (χ0v) is 17.3. The number of hydrogen-bond acceptors (Lipinski definition) is 8. The second-order valence-electron chi connectivity index (χ2n) is 7.28. The molecule has 1 fully saturated rings. The normalized spacial score (nSPS) is 14.4. The highest BCUT2D eigenvalue weighted by Crippen LogP contribution is 2.29. The molecule has 156 valence electrons. The van der Waals surface area contributed by atoms with Crippen LogP contribution in [0.1, 0.15) is 21.7 Å². The molecule has 0 spiro atoms. The van der Waals surface area contributed by atoms with Crippen LogP contribution in [0.4, 0.5) is 11.8 Å². The number of aryl methyl sites for hydroxylation is 1. The third kappa shape index (κ3) is 4.25. The van der Waals surface area contributed by atoms with Crippen molar-refractivity contribution in [1.82, 2.24) is 14.9 Å². The van der Waals surface area contributed by atoms with E-state index in [2.05, 4.69) is 25.4 Å². The Balaban J connectivity index is 1.68. The average molecular weight is 408 g/mol. The number of hydrazone groups is 1. The molecule has 0 aliphatic carbocycles. The number of morpholine rings is 1. The maximum atomic E-state index is 12.4. The molecule has 2 aromatic heterocycles. The van der Waals surface area contributed by atoms with E-state index >= 15 is 0 Å². The lowest BCUT2D eigenvalue weighted by molar-refractivity contribution is 0.0798. The topological polar surface area (TPSA) is 96.1 Å². The predicted octanol–water partition coefficient (Wildman–Crippen LogP) is 2.52. The standard InChI is InChI=1S/C21H24N6O3/c1-14-5-4-6-15(11-14)13-22-25-21-23-18(27-7-9-29-10-8-27)16-12-17(20(28)26(2)3)30-19(16)24-21/h4-6,11-13H,7-10H2,1-3H3,(H,23,24,25)/b22-13+. The summed E-state index contributed by atoms with van der Waals surface area (Å²) in [5, 5.41) is 4.95. The summed E-state index contributed by atoms with van der Waals surface area (Å²) in [6, 6.07) is 9.69. The van der Waals surface area contributed by atoms with Crippen molar-refractivity contribution in [1.29, 1.82) is 0 Å². The van der Waals surface area contributed by atoms with Crippen LogP contribution in [-0.4, -0.2) is 67.4 Å². The number of benzene rings is 1. The van der Waals surface area contributed by atoms with Gasteiger partial charge in [0, 0.05) is 33.3 Å². The van der Waals surface area contributed by atoms with E-state index < -0.39 is 0 Å². The molecule has 0 radical (unpaired) electrons. The molecule has 1 aromatic carbocycles. The lowest BCUT2D eigenvalue weighted by Gasteiger charge is -2.28. The molecule has 0 unspecified atom stereocenters. The van der Waals surface area contributed by atoms with E-state index in [4.69, 9.17) is 9.15 Å². The first-order chi connectivity index (χ1) is 14.5. The summed E-state index contributed by atoms with van der Waals surface area (Å²) < 4.78 is 11.2. The van der Waals surface area contributed by atoms with E-state index in [1.54, 1.807) is 26.4 Å². The molecule has 3 aromatic rings. The van der Waals surface area contributed by atoms with Gasteiger partial charge < -0.3 is 19.0 Å². The lowest BCUT2D eigenvalue weighted by Crippen LogP contribution is -2.37. The van der Waals surface area contributed by atoms with Gasteiger partial charge in [-0.15, -0.1) is 0 Å². The Hall–Kier alpha value is -3.46. The molecule has 30 heavy (non-hydrogen) atoms. The number of ether oxygens (including phenoxy) is 1. The van der Waals surface area contributed by atoms with Crippen LogP contribution in [0.15, 0.2) is 39.9 Å². The number of aromatic nitrogens is 2. The van der Waals surface area contributed by atoms with E-state index in [9.17, 15) is 4.79 Å². The van der Waals surface area contributed by atoms with Crippen molar-refractivity contribution in [2.24, 2.45) is 5.10 Å². The molecule has 0 atom stereocenters. The SMILES string of the molecule is Cc1cccc(/C=N/Nc2nc(N3CCOCC3)c3cc(C(=O)N(C)C)oc3n2)c1. The monoisotopic (exact) mass is 408 g/mol. The average Bonchev–Trinajstić information content (AvgIpc) is 3.17. The second-order valence-corrected chi connectivity index (χ2v) is 7.28. The van der Waals surface area contributed by atoms with Gasteiger partial charge in [-0.25, -0.2) is 5.43 Å². The molecule has 1 saturated heterocycles. The summed E-state index contributed by atoms with van der Waals surface area (Å²) in [5.74, 6) is 0.983. The Morgan fingerprint density at radius 1 is 1.23 bits per heavy atom. The van der Waals surface area contributed by atoms with Crippen molar-refractivity contribution in [3.8, 4) is 0 Å². The van der Waals surface area contributed by atoms with Crippen LogP contribution in [0.25, 0.3) is 11.1 Å². The minimum absolute atomic E-state index is 0.222. The molecule has 1 N–H and O–H groups in total. The summed E-state index contributed by atoms with van der Waals surface area (Å²) in [4.78, 5) is 25.0. The van der Waals surface area contributed by atoms with Gasteiger partial charge >= 0.3 is 0 Å². The van der Waals surface area contributed by atoms with Crippen LogP contribution in [-0.2, 0) is 4.74 Å². The summed E-state index contributed by atoms with van der Waals surface area (Å²) in [6.07, 6.45) is 1.71. The number of anilines is 2. The van der Waals surface area contributed by atoms with Gasteiger partial charge in [0.15, 0.2) is 5.76 Å². The first kappa shape index (κ1) is 19.8. The fraction of sp³-hybridized carbons (Fsp3) is 0.333. The van der Waals surface area contributed by atoms with E-state index in [0.717, 1.165) is 11.1 Å². The summed E-state index contributed by atoms with van der Waals surface area (Å²) >= 11 is 0. The maximum Gasteiger partial charge on any atom is 0.289 e. The van der Waals surface area contributed by atoms with Gasteiger partial charge in [-0.3, -0.25) is 4.79 Å². The van der Waals surface area contributed by atoms with Crippen molar-refractivity contribution in [3.05, 3.63) is 47.2 Å². The number of fused-ring (bicyclic) bond motifs is 1. The van der Waals surface area contributed by atoms with Crippen LogP contribution < -0.4 is 10.3 Å². The summed E-state index contributed by atoms with van der Waals surface area (Å²) in [7, 11) is 3.36. The van der Waals surface area contributed by atoms with Crippen molar-refractivity contribution >= 4 is 35.0 Å². The van der Waals surface area contributed by atoms with Gasteiger partial charge in [-0.1, -0.05) is 29.8 Å². The van der Waals surface area contributed by atoms with Crippen LogP contribution >= 0.6 is 0 Å². The summed E-state index contributed by atoms with van der Waals surface area (Å²) in [6.45, 7) is 4.64. The molecule has 0 saturated carbocycles. The molecule has 4 rings (SSSR count). The van der Waals surface area contributed by atoms with Crippen LogP contribution in [0, 0.1) is 6.92 Å². The zero-order valence-electron chi connectivity index (χ0n) is 17.3. The highest BCUT2D eigenvalue weighted by atomic mass is 16.5. The van der Waals surface area contributed by atoms with Crippen LogP contribution in [0.2, 0.25) is 0 Å². The third-order valence-electron chi connectivity index (χ3n) is 4.72. The van der Waals surface area contributed by atoms with Gasteiger partial charge in [-0.2, -0.15) is 15.1 Å². The minimum atomic E-state index is -0.229. The van der Waals surface area contributed by atoms with E-state index in [1.165, 1.54) is 4.90 Å². The Kier molecular flexibility index (Phi) is 5.62. The molecule has 1 aliphatic rings. The molecule has 9 heteroatoms. The Morgan fingerprint density at radius 2 is 2.03 bits per heavy atom. The highest BCUT2D eigenvalue weighted by Gasteiger charge is 2.23. The van der Waals surface area contributed by atoms with Gasteiger partial charge in [0.25, 0.3) is 5.91 Å².